The van der Waals surface area contributed by atoms with E-state index >= 15 is 0 Å². The number of hydrogen-bond donors (Lipinski definition) is 0. The molecule has 0 radical (unpaired) electrons. The van der Waals surface area contributed by atoms with E-state index in [0.717, 1.165) is 25.7 Å². The van der Waals surface area contributed by atoms with E-state index in [2.05, 4.69) is 0 Å². The van der Waals surface area contributed by atoms with E-state index in [1.165, 1.54) is 0 Å². The normalized spacial score (nSPS) is 13.0. The molecule has 11 nitrogen and oxygen atoms in total. The van der Waals surface area contributed by atoms with E-state index in [1.54, 1.807) is 64.0 Å². The highest BCUT2D eigenvalue weighted by atomic mass is 28.4. The van der Waals surface area contributed by atoms with Gasteiger partial charge in [-0.3, -0.25) is 4.79 Å². The van der Waals surface area contributed by atoms with Crippen LogP contribution in [-0.2, 0) is 44.6 Å². The van der Waals surface area contributed by atoms with Gasteiger partial charge >= 0.3 is 26.4 Å². The van der Waals surface area contributed by atoms with Crippen molar-refractivity contribution in [1.29, 1.82) is 0 Å². The molecule has 0 bridgehead atoms. The summed E-state index contributed by atoms with van der Waals surface area (Å²) in [7, 11) is 8.36. The number of rotatable bonds is 23. The number of unbranched alkanes of at least 4 members (excludes halogenated alkanes) is 1. The Labute approximate surface area is 222 Å². The topological polar surface area (TPSA) is 103 Å². The van der Waals surface area contributed by atoms with Gasteiger partial charge in [0.25, 0.3) is 0 Å². The minimum Gasteiger partial charge on any atom is -0.377 e. The van der Waals surface area contributed by atoms with E-state index < -0.39 is 26.4 Å². The second-order valence-electron chi connectivity index (χ2n) is 8.58. The SMILES string of the molecule is CO[Si](CCCCN(C)C(=O)C(CCC[Si](OC)(OC)OC)CCC[Si](OC)(OC)OC)(OC)OC. The van der Waals surface area contributed by atoms with Crippen LogP contribution in [0.1, 0.15) is 38.5 Å². The first kappa shape index (κ1) is 35.8. The van der Waals surface area contributed by atoms with Crippen molar-refractivity contribution < 1.29 is 44.6 Å². The van der Waals surface area contributed by atoms with Crippen LogP contribution in [0.4, 0.5) is 0 Å². The summed E-state index contributed by atoms with van der Waals surface area (Å²) < 4.78 is 49.7. The van der Waals surface area contributed by atoms with Crippen molar-refractivity contribution in [2.24, 2.45) is 5.92 Å². The lowest BCUT2D eigenvalue weighted by Crippen LogP contribution is -2.43. The van der Waals surface area contributed by atoms with Gasteiger partial charge in [0.2, 0.25) is 5.91 Å². The first-order valence-corrected chi connectivity index (χ1v) is 18.2. The summed E-state index contributed by atoms with van der Waals surface area (Å²) >= 11 is 0. The molecular formula is C22H51NO10Si3. The molecule has 0 N–H and O–H groups in total. The third-order valence-electron chi connectivity index (χ3n) is 6.82. The van der Waals surface area contributed by atoms with E-state index in [4.69, 9.17) is 39.8 Å². The number of nitrogens with zero attached hydrogens (tertiary/aromatic N) is 1. The highest BCUT2D eigenvalue weighted by Crippen LogP contribution is 2.26. The summed E-state index contributed by atoms with van der Waals surface area (Å²) in [4.78, 5) is 15.2. The van der Waals surface area contributed by atoms with Crippen molar-refractivity contribution in [3.8, 4) is 0 Å². The number of amides is 1. The number of hydrogen-bond acceptors (Lipinski definition) is 10. The summed E-state index contributed by atoms with van der Waals surface area (Å²) in [6, 6.07) is 2.00. The highest BCUT2D eigenvalue weighted by Gasteiger charge is 2.40. The fraction of sp³-hybridized carbons (Fsp3) is 0.955. The Morgan fingerprint density at radius 3 is 1.17 bits per heavy atom. The highest BCUT2D eigenvalue weighted by molar-refractivity contribution is 6.61. The molecule has 0 rings (SSSR count). The maximum absolute atomic E-state index is 13.4. The van der Waals surface area contributed by atoms with Crippen LogP contribution < -0.4 is 0 Å². The molecule has 0 aliphatic heterocycles. The van der Waals surface area contributed by atoms with Gasteiger partial charge in [-0.05, 0) is 38.5 Å². The summed E-state index contributed by atoms with van der Waals surface area (Å²) in [6.45, 7) is 0.650. The van der Waals surface area contributed by atoms with Crippen LogP contribution in [0.2, 0.25) is 18.1 Å². The Bertz CT molecular complexity index is 527. The molecule has 0 spiro atoms. The quantitative estimate of drug-likeness (QED) is 0.134. The third kappa shape index (κ3) is 11.2. The molecule has 0 aliphatic rings. The molecule has 0 saturated carbocycles. The molecule has 0 aromatic heterocycles. The smallest absolute Gasteiger partial charge is 0.377 e. The van der Waals surface area contributed by atoms with Crippen molar-refractivity contribution in [2.75, 3.05) is 77.6 Å². The molecular weight excluding hydrogens is 522 g/mol. The van der Waals surface area contributed by atoms with Crippen LogP contribution in [0.25, 0.3) is 0 Å². The molecule has 216 valence electrons. The fourth-order valence-electron chi connectivity index (χ4n) is 4.30. The Kier molecular flexibility index (Phi) is 18.8. The maximum atomic E-state index is 13.4. The minimum absolute atomic E-state index is 0.128. The average molecular weight is 574 g/mol. The van der Waals surface area contributed by atoms with Crippen LogP contribution >= 0.6 is 0 Å². The second kappa shape index (κ2) is 18.9. The largest absolute Gasteiger partial charge is 0.500 e. The molecule has 0 heterocycles. The van der Waals surface area contributed by atoms with Crippen molar-refractivity contribution in [3.05, 3.63) is 0 Å². The summed E-state index contributed by atoms with van der Waals surface area (Å²) in [5.41, 5.74) is 0. The van der Waals surface area contributed by atoms with Crippen molar-refractivity contribution in [2.45, 2.75) is 56.7 Å². The first-order chi connectivity index (χ1) is 17.2. The zero-order chi connectivity index (χ0) is 27.7. The van der Waals surface area contributed by atoms with Crippen molar-refractivity contribution in [1.82, 2.24) is 4.90 Å². The Morgan fingerprint density at radius 1 is 0.556 bits per heavy atom. The number of carbonyl (C=O) groups is 1. The molecule has 0 saturated heterocycles. The lowest BCUT2D eigenvalue weighted by molar-refractivity contribution is -0.134. The third-order valence-corrected chi connectivity index (χ3v) is 15.3. The van der Waals surface area contributed by atoms with Gasteiger partial charge < -0.3 is 44.7 Å². The molecule has 0 atom stereocenters. The first-order valence-electron chi connectivity index (χ1n) is 12.4. The van der Waals surface area contributed by atoms with Gasteiger partial charge in [-0.2, -0.15) is 0 Å². The van der Waals surface area contributed by atoms with Crippen LogP contribution in [0, 0.1) is 5.92 Å². The van der Waals surface area contributed by atoms with E-state index in [-0.39, 0.29) is 11.8 Å². The van der Waals surface area contributed by atoms with Crippen molar-refractivity contribution in [3.63, 3.8) is 0 Å². The number of carbonyl (C=O) groups excluding carboxylic acids is 1. The summed E-state index contributed by atoms with van der Waals surface area (Å²) in [5.74, 6) is -0.0160. The standard InChI is InChI=1S/C22H51NO10Si3/c1-23(17-11-12-18-34(25-2,26-3)27-4)22(24)21(15-13-19-35(28-5,29-6)30-7)16-14-20-36(31-8,32-9)33-10/h21H,11-20H2,1-10H3. The van der Waals surface area contributed by atoms with Gasteiger partial charge in [-0.1, -0.05) is 0 Å². The summed E-state index contributed by atoms with van der Waals surface area (Å²) in [5, 5.41) is 0. The van der Waals surface area contributed by atoms with E-state index in [0.29, 0.717) is 37.5 Å². The molecule has 0 aromatic rings. The molecule has 1 amide bonds. The lowest BCUT2D eigenvalue weighted by atomic mass is 9.96. The van der Waals surface area contributed by atoms with Crippen LogP contribution in [0.3, 0.4) is 0 Å². The zero-order valence-corrected chi connectivity index (χ0v) is 27.2. The van der Waals surface area contributed by atoms with Gasteiger partial charge in [0, 0.05) is 102 Å². The maximum Gasteiger partial charge on any atom is 0.500 e. The van der Waals surface area contributed by atoms with Gasteiger partial charge in [0.1, 0.15) is 0 Å². The van der Waals surface area contributed by atoms with Gasteiger partial charge in [-0.15, -0.1) is 0 Å². The molecule has 0 aliphatic carbocycles. The molecule has 14 heteroatoms. The van der Waals surface area contributed by atoms with Gasteiger partial charge in [0.15, 0.2) is 0 Å². The van der Waals surface area contributed by atoms with Crippen molar-refractivity contribution >= 4 is 32.3 Å². The fourth-order valence-corrected chi connectivity index (χ4v) is 9.60. The zero-order valence-electron chi connectivity index (χ0n) is 24.2. The Morgan fingerprint density at radius 2 is 0.861 bits per heavy atom. The predicted octanol–water partition coefficient (Wildman–Crippen LogP) is 3.04. The Balaban J connectivity index is 5.13. The minimum atomic E-state index is -2.69. The average Bonchev–Trinajstić information content (AvgIpc) is 2.93. The van der Waals surface area contributed by atoms with Gasteiger partial charge in [0.05, 0.1) is 0 Å². The molecule has 0 aromatic carbocycles. The Hall–Kier alpha value is -0.239. The van der Waals surface area contributed by atoms with Crippen LogP contribution in [0.5, 0.6) is 0 Å². The molecule has 36 heavy (non-hydrogen) atoms. The predicted molar refractivity (Wildman–Crippen MR) is 144 cm³/mol. The second-order valence-corrected chi connectivity index (χ2v) is 17.9. The van der Waals surface area contributed by atoms with E-state index in [9.17, 15) is 4.79 Å². The van der Waals surface area contributed by atoms with E-state index in [1.807, 2.05) is 11.9 Å². The van der Waals surface area contributed by atoms with Gasteiger partial charge in [-0.25, -0.2) is 0 Å². The van der Waals surface area contributed by atoms with Crippen LogP contribution in [-0.4, -0.2) is 115 Å². The molecule has 0 fully saturated rings. The lowest BCUT2D eigenvalue weighted by Gasteiger charge is -2.28. The monoisotopic (exact) mass is 573 g/mol. The molecule has 0 unspecified atom stereocenters. The summed E-state index contributed by atoms with van der Waals surface area (Å²) in [6.07, 6.45) is 4.62. The van der Waals surface area contributed by atoms with Crippen LogP contribution in [0.15, 0.2) is 0 Å².